The minimum atomic E-state index is 0.300. The van der Waals surface area contributed by atoms with E-state index in [1.54, 1.807) is 0 Å². The van der Waals surface area contributed by atoms with Gasteiger partial charge in [-0.15, -0.1) is 0 Å². The third-order valence-corrected chi connectivity index (χ3v) is 4.08. The van der Waals surface area contributed by atoms with Crippen LogP contribution in [0.2, 0.25) is 5.02 Å². The predicted octanol–water partition coefficient (Wildman–Crippen LogP) is 3.80. The second-order valence-electron chi connectivity index (χ2n) is 5.28. The van der Waals surface area contributed by atoms with Gasteiger partial charge < -0.3 is 10.1 Å². The smallest absolute Gasteiger partial charge is 0.213 e. The molecule has 2 rings (SSSR count). The zero-order valence-electron chi connectivity index (χ0n) is 11.8. The first-order valence-electron chi connectivity index (χ1n) is 7.23. The lowest BCUT2D eigenvalue weighted by Crippen LogP contribution is -2.28. The van der Waals surface area contributed by atoms with Crippen LogP contribution < -0.4 is 10.1 Å². The molecule has 1 aliphatic rings. The van der Waals surface area contributed by atoms with E-state index in [9.17, 15) is 0 Å². The maximum absolute atomic E-state index is 6.15. The number of nitrogens with one attached hydrogen (secondary N) is 1. The summed E-state index contributed by atoms with van der Waals surface area (Å²) in [6, 6.07) is 3.75. The van der Waals surface area contributed by atoms with Gasteiger partial charge in [-0.3, -0.25) is 0 Å². The lowest BCUT2D eigenvalue weighted by molar-refractivity contribution is 0.0973. The van der Waals surface area contributed by atoms with Crippen molar-refractivity contribution in [2.45, 2.75) is 52.2 Å². The molecule has 0 spiro atoms. The van der Waals surface area contributed by atoms with Crippen molar-refractivity contribution in [2.24, 2.45) is 5.92 Å². The van der Waals surface area contributed by atoms with Gasteiger partial charge in [0.05, 0.1) is 10.7 Å². The molecule has 2 atom stereocenters. The average molecular weight is 283 g/mol. The van der Waals surface area contributed by atoms with Crippen molar-refractivity contribution in [3.05, 3.63) is 22.8 Å². The summed E-state index contributed by atoms with van der Waals surface area (Å²) in [7, 11) is 0. The van der Waals surface area contributed by atoms with Gasteiger partial charge in [0.15, 0.2) is 0 Å². The van der Waals surface area contributed by atoms with Crippen LogP contribution in [0, 0.1) is 5.92 Å². The highest BCUT2D eigenvalue weighted by molar-refractivity contribution is 6.31. The van der Waals surface area contributed by atoms with Gasteiger partial charge in [0.25, 0.3) is 0 Å². The molecule has 1 saturated carbocycles. The molecule has 0 aromatic carbocycles. The van der Waals surface area contributed by atoms with Crippen molar-refractivity contribution >= 4 is 11.6 Å². The molecular formula is C15H23ClN2O. The van der Waals surface area contributed by atoms with Crippen LogP contribution in [0.5, 0.6) is 5.88 Å². The Kier molecular flexibility index (Phi) is 5.46. The number of hydrogen-bond acceptors (Lipinski definition) is 3. The number of nitrogens with zero attached hydrogens (tertiary/aromatic N) is 1. The van der Waals surface area contributed by atoms with Crippen molar-refractivity contribution in [2.75, 3.05) is 6.54 Å². The second kappa shape index (κ2) is 7.11. The Bertz CT molecular complexity index is 411. The first-order chi connectivity index (χ1) is 9.20. The molecule has 1 N–H and O–H groups in total. The molecule has 1 heterocycles. The largest absolute Gasteiger partial charge is 0.474 e. The highest BCUT2D eigenvalue weighted by atomic mass is 35.5. The van der Waals surface area contributed by atoms with Gasteiger partial charge in [-0.05, 0) is 37.8 Å². The van der Waals surface area contributed by atoms with Crippen molar-refractivity contribution in [3.8, 4) is 5.88 Å². The molecule has 4 heteroatoms. The summed E-state index contributed by atoms with van der Waals surface area (Å²) in [4.78, 5) is 4.52. The van der Waals surface area contributed by atoms with Gasteiger partial charge in [0, 0.05) is 12.6 Å². The summed E-state index contributed by atoms with van der Waals surface area (Å²) in [5.41, 5.74) is 0.865. The van der Waals surface area contributed by atoms with Gasteiger partial charge in [0.2, 0.25) is 5.88 Å². The summed E-state index contributed by atoms with van der Waals surface area (Å²) in [6.45, 7) is 5.92. The van der Waals surface area contributed by atoms with Crippen LogP contribution in [-0.2, 0) is 6.54 Å². The summed E-state index contributed by atoms with van der Waals surface area (Å²) >= 11 is 6.15. The number of hydrogen-bond donors (Lipinski definition) is 1. The Morgan fingerprint density at radius 1 is 1.37 bits per heavy atom. The van der Waals surface area contributed by atoms with E-state index >= 15 is 0 Å². The van der Waals surface area contributed by atoms with Crippen molar-refractivity contribution in [3.63, 3.8) is 0 Å². The fourth-order valence-electron chi connectivity index (χ4n) is 2.51. The Labute approximate surface area is 120 Å². The Balaban J connectivity index is 2.03. The Morgan fingerprint density at radius 3 is 2.89 bits per heavy atom. The molecule has 106 valence electrons. The lowest BCUT2D eigenvalue weighted by Gasteiger charge is -2.28. The molecule has 0 aliphatic heterocycles. The topological polar surface area (TPSA) is 34.2 Å². The number of halogens is 1. The van der Waals surface area contributed by atoms with E-state index in [0.717, 1.165) is 18.7 Å². The van der Waals surface area contributed by atoms with Crippen LogP contribution in [0.3, 0.4) is 0 Å². The lowest BCUT2D eigenvalue weighted by atomic mass is 9.88. The van der Waals surface area contributed by atoms with Gasteiger partial charge in [0.1, 0.15) is 6.10 Å². The van der Waals surface area contributed by atoms with Gasteiger partial charge in [-0.25, -0.2) is 4.98 Å². The van der Waals surface area contributed by atoms with E-state index in [4.69, 9.17) is 16.3 Å². The van der Waals surface area contributed by atoms with Crippen LogP contribution >= 0.6 is 11.6 Å². The van der Waals surface area contributed by atoms with E-state index in [0.29, 0.717) is 29.5 Å². The standard InChI is InChI=1S/C15H23ClN2O/c1-3-17-10-13-12(16)8-9-15(18-13)19-14-7-5-4-6-11(14)2/h8-9,11,14,17H,3-7,10H2,1-2H3. The van der Waals surface area contributed by atoms with Crippen LogP contribution in [-0.4, -0.2) is 17.6 Å². The van der Waals surface area contributed by atoms with E-state index in [2.05, 4.69) is 24.1 Å². The highest BCUT2D eigenvalue weighted by Gasteiger charge is 2.23. The number of rotatable bonds is 5. The summed E-state index contributed by atoms with van der Waals surface area (Å²) < 4.78 is 6.05. The van der Waals surface area contributed by atoms with E-state index in [1.807, 2.05) is 12.1 Å². The number of aromatic nitrogens is 1. The van der Waals surface area contributed by atoms with Crippen LogP contribution in [0.15, 0.2) is 12.1 Å². The van der Waals surface area contributed by atoms with Crippen molar-refractivity contribution < 1.29 is 4.74 Å². The highest BCUT2D eigenvalue weighted by Crippen LogP contribution is 2.28. The normalized spacial score (nSPS) is 23.3. The maximum atomic E-state index is 6.15. The van der Waals surface area contributed by atoms with Crippen molar-refractivity contribution in [1.82, 2.24) is 10.3 Å². The molecule has 0 bridgehead atoms. The average Bonchev–Trinajstić information content (AvgIpc) is 2.42. The molecule has 0 saturated heterocycles. The van der Waals surface area contributed by atoms with Crippen LogP contribution in [0.25, 0.3) is 0 Å². The maximum Gasteiger partial charge on any atom is 0.213 e. The quantitative estimate of drug-likeness (QED) is 0.892. The van der Waals surface area contributed by atoms with Gasteiger partial charge in [-0.2, -0.15) is 0 Å². The van der Waals surface area contributed by atoms with Crippen LogP contribution in [0.4, 0.5) is 0 Å². The fourth-order valence-corrected chi connectivity index (χ4v) is 2.68. The summed E-state index contributed by atoms with van der Waals surface area (Å²) in [6.07, 6.45) is 5.26. The number of ether oxygens (including phenoxy) is 1. The molecular weight excluding hydrogens is 260 g/mol. The van der Waals surface area contributed by atoms with Gasteiger partial charge >= 0.3 is 0 Å². The molecule has 19 heavy (non-hydrogen) atoms. The molecule has 2 unspecified atom stereocenters. The molecule has 1 aromatic heterocycles. The molecule has 0 amide bonds. The second-order valence-corrected chi connectivity index (χ2v) is 5.68. The summed E-state index contributed by atoms with van der Waals surface area (Å²) in [5, 5.41) is 3.94. The SMILES string of the molecule is CCNCc1nc(OC2CCCCC2C)ccc1Cl. The molecule has 1 fully saturated rings. The van der Waals surface area contributed by atoms with E-state index in [1.165, 1.54) is 19.3 Å². The zero-order chi connectivity index (χ0) is 13.7. The first kappa shape index (κ1) is 14.6. The molecule has 3 nitrogen and oxygen atoms in total. The monoisotopic (exact) mass is 282 g/mol. The number of pyridine rings is 1. The molecule has 0 radical (unpaired) electrons. The van der Waals surface area contributed by atoms with E-state index < -0.39 is 0 Å². The minimum absolute atomic E-state index is 0.300. The third kappa shape index (κ3) is 4.08. The minimum Gasteiger partial charge on any atom is -0.474 e. The Morgan fingerprint density at radius 2 is 2.16 bits per heavy atom. The molecule has 1 aliphatic carbocycles. The predicted molar refractivity (Wildman–Crippen MR) is 78.7 cm³/mol. The fraction of sp³-hybridized carbons (Fsp3) is 0.667. The first-order valence-corrected chi connectivity index (χ1v) is 7.61. The van der Waals surface area contributed by atoms with Gasteiger partial charge in [-0.1, -0.05) is 31.9 Å². The summed E-state index contributed by atoms with van der Waals surface area (Å²) in [5.74, 6) is 1.32. The van der Waals surface area contributed by atoms with E-state index in [-0.39, 0.29) is 0 Å². The Hall–Kier alpha value is -0.800. The van der Waals surface area contributed by atoms with Crippen LogP contribution in [0.1, 0.15) is 45.2 Å². The zero-order valence-corrected chi connectivity index (χ0v) is 12.5. The third-order valence-electron chi connectivity index (χ3n) is 3.74. The molecule has 1 aromatic rings. The van der Waals surface area contributed by atoms with Crippen molar-refractivity contribution in [1.29, 1.82) is 0 Å².